The second-order valence-electron chi connectivity index (χ2n) is 6.25. The first-order valence-electron chi connectivity index (χ1n) is 5.90. The van der Waals surface area contributed by atoms with E-state index in [-0.39, 0.29) is 0 Å². The molecule has 2 nitrogen and oxygen atoms in total. The molecule has 0 aromatic rings. The van der Waals surface area contributed by atoms with E-state index in [4.69, 9.17) is 0 Å². The number of hydrogen-bond donors (Lipinski definition) is 1. The van der Waals surface area contributed by atoms with Crippen molar-refractivity contribution < 1.29 is 0 Å². The highest BCUT2D eigenvalue weighted by atomic mass is 15.3. The maximum absolute atomic E-state index is 3.66. The smallest absolute Gasteiger partial charge is 0.0158 e. The summed E-state index contributed by atoms with van der Waals surface area (Å²) >= 11 is 0. The molecule has 2 heteroatoms. The summed E-state index contributed by atoms with van der Waals surface area (Å²) in [6.07, 6.45) is 0. The van der Waals surface area contributed by atoms with Crippen LogP contribution in [-0.2, 0) is 0 Å². The molecule has 82 valence electrons. The molecule has 1 saturated carbocycles. The summed E-state index contributed by atoms with van der Waals surface area (Å²) in [5.74, 6) is 1.88. The lowest BCUT2D eigenvalue weighted by Crippen LogP contribution is -2.43. The molecule has 0 aromatic carbocycles. The van der Waals surface area contributed by atoms with Crippen LogP contribution in [0.4, 0.5) is 0 Å². The number of fused-ring (bicyclic) bond motifs is 1. The summed E-state index contributed by atoms with van der Waals surface area (Å²) in [7, 11) is 0. The van der Waals surface area contributed by atoms with Gasteiger partial charge in [0.2, 0.25) is 0 Å². The van der Waals surface area contributed by atoms with Crippen molar-refractivity contribution in [3.8, 4) is 0 Å². The number of likely N-dealkylation sites (tertiary alicyclic amines) is 1. The minimum atomic E-state index is 0.371. The van der Waals surface area contributed by atoms with Crippen molar-refractivity contribution >= 4 is 0 Å². The van der Waals surface area contributed by atoms with Gasteiger partial charge in [-0.05, 0) is 32.6 Å². The molecule has 2 aliphatic rings. The molecule has 2 fully saturated rings. The summed E-state index contributed by atoms with van der Waals surface area (Å²) < 4.78 is 0. The van der Waals surface area contributed by atoms with E-state index in [9.17, 15) is 0 Å². The second-order valence-corrected chi connectivity index (χ2v) is 6.25. The Morgan fingerprint density at radius 1 is 1.14 bits per heavy atom. The normalized spacial score (nSPS) is 37.7. The Morgan fingerprint density at radius 3 is 2.00 bits per heavy atom. The highest BCUT2D eigenvalue weighted by Gasteiger charge is 2.56. The zero-order valence-electron chi connectivity index (χ0n) is 10.2. The lowest BCUT2D eigenvalue weighted by Gasteiger charge is -2.33. The van der Waals surface area contributed by atoms with Gasteiger partial charge in [-0.1, -0.05) is 13.8 Å². The Bertz CT molecular complexity index is 205. The van der Waals surface area contributed by atoms with Crippen molar-refractivity contribution in [1.29, 1.82) is 0 Å². The molecule has 1 saturated heterocycles. The first-order chi connectivity index (χ1) is 6.39. The van der Waals surface area contributed by atoms with E-state index in [1.165, 1.54) is 13.1 Å². The number of nitrogens with one attached hydrogen (secondary N) is 1. The highest BCUT2D eigenvalue weighted by molar-refractivity contribution is 5.12. The van der Waals surface area contributed by atoms with Crippen LogP contribution >= 0.6 is 0 Å². The molecular formula is C12H24N2. The van der Waals surface area contributed by atoms with Gasteiger partial charge >= 0.3 is 0 Å². The van der Waals surface area contributed by atoms with Crippen LogP contribution in [0.25, 0.3) is 0 Å². The molecule has 1 aliphatic heterocycles. The molecule has 14 heavy (non-hydrogen) atoms. The summed E-state index contributed by atoms with van der Waals surface area (Å²) in [4.78, 5) is 2.63. The van der Waals surface area contributed by atoms with Gasteiger partial charge in [0.05, 0.1) is 0 Å². The first kappa shape index (κ1) is 10.4. The lowest BCUT2D eigenvalue weighted by atomic mass is 10.1. The average molecular weight is 196 g/mol. The molecule has 3 atom stereocenters. The first-order valence-corrected chi connectivity index (χ1v) is 5.90. The van der Waals surface area contributed by atoms with Crippen molar-refractivity contribution in [3.63, 3.8) is 0 Å². The standard InChI is InChI=1S/C12H24N2/c1-8(2)13-11-9-6-14(7-10(9)11)12(3,4)5/h8-11,13H,6-7H2,1-5H3/t9-,10?,11?/m1/s1. The average Bonchev–Trinajstić information content (AvgIpc) is 2.50. The third-order valence-electron chi connectivity index (χ3n) is 3.67. The van der Waals surface area contributed by atoms with Crippen LogP contribution in [0.3, 0.4) is 0 Å². The molecule has 1 heterocycles. The van der Waals surface area contributed by atoms with Crippen LogP contribution in [0.2, 0.25) is 0 Å². The molecule has 1 aliphatic carbocycles. The molecule has 0 spiro atoms. The van der Waals surface area contributed by atoms with Gasteiger partial charge in [0.15, 0.2) is 0 Å². The van der Waals surface area contributed by atoms with Gasteiger partial charge in [0.1, 0.15) is 0 Å². The highest BCUT2D eigenvalue weighted by Crippen LogP contribution is 2.47. The maximum atomic E-state index is 3.66. The van der Waals surface area contributed by atoms with Crippen LogP contribution in [-0.4, -0.2) is 35.6 Å². The van der Waals surface area contributed by atoms with Gasteiger partial charge in [-0.2, -0.15) is 0 Å². The Balaban J connectivity index is 1.82. The molecule has 0 radical (unpaired) electrons. The second kappa shape index (κ2) is 3.21. The zero-order valence-corrected chi connectivity index (χ0v) is 10.2. The van der Waals surface area contributed by atoms with E-state index in [1.807, 2.05) is 0 Å². The Kier molecular flexibility index (Phi) is 2.39. The number of piperidine rings is 1. The van der Waals surface area contributed by atoms with E-state index in [2.05, 4.69) is 44.8 Å². The molecule has 0 bridgehead atoms. The van der Waals surface area contributed by atoms with Gasteiger partial charge in [0, 0.05) is 30.7 Å². The molecule has 0 aromatic heterocycles. The molecule has 1 N–H and O–H groups in total. The van der Waals surface area contributed by atoms with Crippen molar-refractivity contribution in [2.75, 3.05) is 13.1 Å². The van der Waals surface area contributed by atoms with Crippen molar-refractivity contribution in [3.05, 3.63) is 0 Å². The Labute approximate surface area is 88.1 Å². The van der Waals surface area contributed by atoms with Gasteiger partial charge in [-0.3, -0.25) is 4.90 Å². The van der Waals surface area contributed by atoms with Gasteiger partial charge in [-0.25, -0.2) is 0 Å². The minimum Gasteiger partial charge on any atom is -0.311 e. The minimum absolute atomic E-state index is 0.371. The van der Waals surface area contributed by atoms with Crippen molar-refractivity contribution in [2.24, 2.45) is 11.8 Å². The van der Waals surface area contributed by atoms with Gasteiger partial charge in [0.25, 0.3) is 0 Å². The zero-order chi connectivity index (χ0) is 10.5. The van der Waals surface area contributed by atoms with Crippen molar-refractivity contribution in [1.82, 2.24) is 10.2 Å². The third kappa shape index (κ3) is 1.82. The van der Waals surface area contributed by atoms with Crippen LogP contribution in [0, 0.1) is 11.8 Å². The fraction of sp³-hybridized carbons (Fsp3) is 1.00. The summed E-state index contributed by atoms with van der Waals surface area (Å²) in [5.41, 5.74) is 0.371. The van der Waals surface area contributed by atoms with E-state index in [0.29, 0.717) is 11.6 Å². The lowest BCUT2D eigenvalue weighted by molar-refractivity contribution is 0.149. The Morgan fingerprint density at radius 2 is 1.64 bits per heavy atom. The largest absolute Gasteiger partial charge is 0.311 e. The van der Waals surface area contributed by atoms with Gasteiger partial charge < -0.3 is 5.32 Å². The maximum Gasteiger partial charge on any atom is 0.0158 e. The Hall–Kier alpha value is -0.0800. The third-order valence-corrected chi connectivity index (χ3v) is 3.67. The quantitative estimate of drug-likeness (QED) is 0.723. The summed E-state index contributed by atoms with van der Waals surface area (Å²) in [6, 6.07) is 1.47. The SMILES string of the molecule is CC(C)NC1C2CN(C(C)(C)C)C[C@H]21. The van der Waals surface area contributed by atoms with Crippen LogP contribution in [0.1, 0.15) is 34.6 Å². The summed E-state index contributed by atoms with van der Waals surface area (Å²) in [6.45, 7) is 14.1. The van der Waals surface area contributed by atoms with E-state index < -0.39 is 0 Å². The van der Waals surface area contributed by atoms with Crippen LogP contribution in [0.15, 0.2) is 0 Å². The molecular weight excluding hydrogens is 172 g/mol. The van der Waals surface area contributed by atoms with Crippen LogP contribution in [0.5, 0.6) is 0 Å². The van der Waals surface area contributed by atoms with Crippen LogP contribution < -0.4 is 5.32 Å². The fourth-order valence-electron chi connectivity index (χ4n) is 2.71. The van der Waals surface area contributed by atoms with E-state index in [1.54, 1.807) is 0 Å². The number of nitrogens with zero attached hydrogens (tertiary/aromatic N) is 1. The monoisotopic (exact) mass is 196 g/mol. The topological polar surface area (TPSA) is 15.3 Å². The molecule has 2 unspecified atom stereocenters. The predicted octanol–water partition coefficient (Wildman–Crippen LogP) is 1.71. The molecule has 0 amide bonds. The number of hydrogen-bond acceptors (Lipinski definition) is 2. The molecule has 2 rings (SSSR count). The van der Waals surface area contributed by atoms with E-state index in [0.717, 1.165) is 17.9 Å². The summed E-state index contributed by atoms with van der Waals surface area (Å²) in [5, 5.41) is 3.66. The van der Waals surface area contributed by atoms with E-state index >= 15 is 0 Å². The van der Waals surface area contributed by atoms with Crippen molar-refractivity contribution in [2.45, 2.75) is 52.2 Å². The fourth-order valence-corrected chi connectivity index (χ4v) is 2.71. The van der Waals surface area contributed by atoms with Gasteiger partial charge in [-0.15, -0.1) is 0 Å². The number of rotatable bonds is 2. The predicted molar refractivity (Wildman–Crippen MR) is 60.4 cm³/mol.